The zero-order valence-electron chi connectivity index (χ0n) is 6.39. The van der Waals surface area contributed by atoms with Gasteiger partial charge in [-0.25, -0.2) is 8.78 Å². The topological polar surface area (TPSA) is 55.5 Å². The standard InChI is InChI=1S/C6H13F2NO2/c1-6(10,3-9)4-11-2-5(7)8/h5,10H,2-4,9H2,1H3. The van der Waals surface area contributed by atoms with Crippen molar-refractivity contribution in [3.63, 3.8) is 0 Å². The number of ether oxygens (including phenoxy) is 1. The lowest BCUT2D eigenvalue weighted by atomic mass is 10.1. The minimum atomic E-state index is -2.50. The maximum absolute atomic E-state index is 11.5. The van der Waals surface area contributed by atoms with Crippen LogP contribution in [0, 0.1) is 0 Å². The fraction of sp³-hybridized carbons (Fsp3) is 1.00. The van der Waals surface area contributed by atoms with Gasteiger partial charge in [0.15, 0.2) is 0 Å². The predicted octanol–water partition coefficient (Wildman–Crippen LogP) is -0.0222. The first-order chi connectivity index (χ1) is 4.98. The van der Waals surface area contributed by atoms with Crippen LogP contribution in [-0.2, 0) is 4.74 Å². The third-order valence-corrected chi connectivity index (χ3v) is 1.10. The van der Waals surface area contributed by atoms with E-state index in [0.29, 0.717) is 0 Å². The van der Waals surface area contributed by atoms with Gasteiger partial charge in [-0.2, -0.15) is 0 Å². The van der Waals surface area contributed by atoms with Gasteiger partial charge in [0, 0.05) is 6.54 Å². The Balaban J connectivity index is 3.38. The highest BCUT2D eigenvalue weighted by Gasteiger charge is 2.18. The van der Waals surface area contributed by atoms with Crippen LogP contribution in [-0.4, -0.2) is 36.9 Å². The van der Waals surface area contributed by atoms with Gasteiger partial charge in [0.1, 0.15) is 6.61 Å². The highest BCUT2D eigenvalue weighted by atomic mass is 19.3. The van der Waals surface area contributed by atoms with E-state index in [1.54, 1.807) is 0 Å². The Hall–Kier alpha value is -0.260. The van der Waals surface area contributed by atoms with Crippen LogP contribution in [0.1, 0.15) is 6.92 Å². The van der Waals surface area contributed by atoms with Gasteiger partial charge >= 0.3 is 0 Å². The molecule has 0 saturated carbocycles. The van der Waals surface area contributed by atoms with Gasteiger partial charge in [-0.3, -0.25) is 0 Å². The van der Waals surface area contributed by atoms with E-state index in [9.17, 15) is 8.78 Å². The largest absolute Gasteiger partial charge is 0.386 e. The normalized spacial score (nSPS) is 16.9. The molecule has 0 fully saturated rings. The van der Waals surface area contributed by atoms with Gasteiger partial charge in [0.2, 0.25) is 0 Å². The van der Waals surface area contributed by atoms with Gasteiger partial charge in [0.05, 0.1) is 12.2 Å². The van der Waals surface area contributed by atoms with Gasteiger partial charge in [-0.15, -0.1) is 0 Å². The van der Waals surface area contributed by atoms with E-state index in [1.165, 1.54) is 6.92 Å². The highest BCUT2D eigenvalue weighted by Crippen LogP contribution is 2.02. The molecule has 0 bridgehead atoms. The van der Waals surface area contributed by atoms with Gasteiger partial charge in [-0.1, -0.05) is 0 Å². The molecule has 11 heavy (non-hydrogen) atoms. The Morgan fingerprint density at radius 1 is 1.64 bits per heavy atom. The molecule has 3 N–H and O–H groups in total. The van der Waals surface area contributed by atoms with Crippen LogP contribution in [0.15, 0.2) is 0 Å². The van der Waals surface area contributed by atoms with Crippen LogP contribution in [0.2, 0.25) is 0 Å². The molecule has 0 spiro atoms. The van der Waals surface area contributed by atoms with Gasteiger partial charge < -0.3 is 15.6 Å². The number of rotatable bonds is 5. The fourth-order valence-electron chi connectivity index (χ4n) is 0.427. The minimum absolute atomic E-state index is 0.00373. The number of nitrogens with two attached hydrogens (primary N) is 1. The third kappa shape index (κ3) is 6.15. The summed E-state index contributed by atoms with van der Waals surface area (Å²) < 4.78 is 27.4. The molecular weight excluding hydrogens is 156 g/mol. The number of hydrogen-bond donors (Lipinski definition) is 2. The molecule has 0 aliphatic heterocycles. The molecule has 1 unspecified atom stereocenters. The highest BCUT2D eigenvalue weighted by molar-refractivity contribution is 4.71. The van der Waals surface area contributed by atoms with Gasteiger partial charge in [-0.05, 0) is 6.92 Å². The average Bonchev–Trinajstić information content (AvgIpc) is 1.87. The average molecular weight is 169 g/mol. The van der Waals surface area contributed by atoms with Crippen LogP contribution in [0.5, 0.6) is 0 Å². The van der Waals surface area contributed by atoms with E-state index in [0.717, 1.165) is 0 Å². The summed E-state index contributed by atoms with van der Waals surface area (Å²) in [6.07, 6.45) is -2.50. The molecule has 3 nitrogen and oxygen atoms in total. The molecule has 0 heterocycles. The Labute approximate surface area is 64.1 Å². The van der Waals surface area contributed by atoms with Crippen molar-refractivity contribution in [2.75, 3.05) is 19.8 Å². The monoisotopic (exact) mass is 169 g/mol. The van der Waals surface area contributed by atoms with Crippen LogP contribution in [0.3, 0.4) is 0 Å². The van der Waals surface area contributed by atoms with Crippen molar-refractivity contribution in [1.29, 1.82) is 0 Å². The zero-order chi connectivity index (χ0) is 8.91. The summed E-state index contributed by atoms with van der Waals surface area (Å²) in [7, 11) is 0. The summed E-state index contributed by atoms with van der Waals surface area (Å²) in [5, 5.41) is 9.14. The first-order valence-electron chi connectivity index (χ1n) is 3.26. The molecular formula is C6H13F2NO2. The number of alkyl halides is 2. The van der Waals surface area contributed by atoms with Crippen LogP contribution in [0.25, 0.3) is 0 Å². The fourth-order valence-corrected chi connectivity index (χ4v) is 0.427. The van der Waals surface area contributed by atoms with Crippen molar-refractivity contribution in [3.8, 4) is 0 Å². The van der Waals surface area contributed by atoms with Crippen molar-refractivity contribution in [2.24, 2.45) is 5.73 Å². The minimum Gasteiger partial charge on any atom is -0.386 e. The second kappa shape index (κ2) is 4.58. The SMILES string of the molecule is CC(O)(CN)COCC(F)F. The summed E-state index contributed by atoms with van der Waals surface area (Å²) in [6.45, 7) is 0.610. The Bertz CT molecular complexity index is 109. The quantitative estimate of drug-likeness (QED) is 0.608. The number of aliphatic hydroxyl groups is 1. The van der Waals surface area contributed by atoms with Crippen molar-refractivity contribution < 1.29 is 18.6 Å². The Morgan fingerprint density at radius 3 is 2.55 bits per heavy atom. The molecule has 0 saturated heterocycles. The van der Waals surface area contributed by atoms with Crippen LogP contribution < -0.4 is 5.73 Å². The third-order valence-electron chi connectivity index (χ3n) is 1.10. The second-order valence-electron chi connectivity index (χ2n) is 2.61. The van der Waals surface area contributed by atoms with E-state index in [-0.39, 0.29) is 13.2 Å². The summed E-state index contributed by atoms with van der Waals surface area (Å²) >= 11 is 0. The predicted molar refractivity (Wildman–Crippen MR) is 36.5 cm³/mol. The molecule has 0 aliphatic rings. The molecule has 0 aromatic heterocycles. The molecule has 0 radical (unpaired) electrons. The first kappa shape index (κ1) is 10.7. The molecule has 0 aromatic carbocycles. The van der Waals surface area contributed by atoms with Crippen molar-refractivity contribution in [3.05, 3.63) is 0 Å². The van der Waals surface area contributed by atoms with E-state index in [4.69, 9.17) is 10.8 Å². The maximum Gasteiger partial charge on any atom is 0.261 e. The zero-order valence-corrected chi connectivity index (χ0v) is 6.39. The summed E-state index contributed by atoms with van der Waals surface area (Å²) in [5.41, 5.74) is 3.91. The van der Waals surface area contributed by atoms with Crippen LogP contribution >= 0.6 is 0 Å². The van der Waals surface area contributed by atoms with Crippen molar-refractivity contribution in [1.82, 2.24) is 0 Å². The van der Waals surface area contributed by atoms with Crippen molar-refractivity contribution in [2.45, 2.75) is 19.0 Å². The first-order valence-corrected chi connectivity index (χ1v) is 3.26. The molecule has 68 valence electrons. The number of halogens is 2. The van der Waals surface area contributed by atoms with Crippen molar-refractivity contribution >= 4 is 0 Å². The molecule has 0 aliphatic carbocycles. The van der Waals surface area contributed by atoms with Gasteiger partial charge in [0.25, 0.3) is 6.43 Å². The van der Waals surface area contributed by atoms with E-state index in [2.05, 4.69) is 4.74 Å². The molecule has 1 atom stereocenters. The summed E-state index contributed by atoms with van der Waals surface area (Å²) in [4.78, 5) is 0. The summed E-state index contributed by atoms with van der Waals surface area (Å²) in [5.74, 6) is 0. The Kier molecular flexibility index (Phi) is 4.48. The van der Waals surface area contributed by atoms with E-state index >= 15 is 0 Å². The lowest BCUT2D eigenvalue weighted by Gasteiger charge is -2.20. The van der Waals surface area contributed by atoms with Crippen LogP contribution in [0.4, 0.5) is 8.78 Å². The maximum atomic E-state index is 11.5. The molecule has 5 heteroatoms. The second-order valence-corrected chi connectivity index (χ2v) is 2.61. The lowest BCUT2D eigenvalue weighted by molar-refractivity contribution is -0.0579. The summed E-state index contributed by atoms with van der Waals surface area (Å²) in [6, 6.07) is 0. The molecule has 0 aromatic rings. The number of hydrogen-bond acceptors (Lipinski definition) is 3. The molecule has 0 amide bonds. The smallest absolute Gasteiger partial charge is 0.261 e. The lowest BCUT2D eigenvalue weighted by Crippen LogP contribution is -2.39. The molecule has 0 rings (SSSR count). The van der Waals surface area contributed by atoms with E-state index < -0.39 is 18.6 Å². The van der Waals surface area contributed by atoms with E-state index in [1.807, 2.05) is 0 Å². The Morgan fingerprint density at radius 2 is 2.18 bits per heavy atom.